The Kier molecular flexibility index (Phi) is 4.87. The van der Waals surface area contributed by atoms with Gasteiger partial charge < -0.3 is 5.32 Å². The van der Waals surface area contributed by atoms with Gasteiger partial charge in [0.25, 0.3) is 0 Å². The Balaban J connectivity index is 2.25. The van der Waals surface area contributed by atoms with Crippen molar-refractivity contribution in [2.45, 2.75) is 19.4 Å². The Morgan fingerprint density at radius 3 is 2.53 bits per heavy atom. The minimum absolute atomic E-state index is 0.187. The number of benzene rings is 2. The number of hydrogen-bond donors (Lipinski definition) is 1. The summed E-state index contributed by atoms with van der Waals surface area (Å²) in [6, 6.07) is 14.3. The molecule has 1 unspecified atom stereocenters. The third kappa shape index (κ3) is 3.73. The molecule has 1 atom stereocenters. The molecule has 0 fully saturated rings. The van der Waals surface area contributed by atoms with E-state index in [0.29, 0.717) is 0 Å². The van der Waals surface area contributed by atoms with Crippen LogP contribution in [0.1, 0.15) is 22.7 Å². The highest BCUT2D eigenvalue weighted by Gasteiger charge is 2.13. The van der Waals surface area contributed by atoms with Crippen LogP contribution in [0.5, 0.6) is 0 Å². The van der Waals surface area contributed by atoms with Crippen molar-refractivity contribution in [2.24, 2.45) is 0 Å². The van der Waals surface area contributed by atoms with Crippen LogP contribution in [0.4, 0.5) is 0 Å². The van der Waals surface area contributed by atoms with Crippen molar-refractivity contribution in [1.82, 2.24) is 5.32 Å². The summed E-state index contributed by atoms with van der Waals surface area (Å²) in [4.78, 5) is 0. The molecule has 0 radical (unpaired) electrons. The molecule has 2 aromatic rings. The molecule has 0 saturated heterocycles. The summed E-state index contributed by atoms with van der Waals surface area (Å²) in [5.41, 5.74) is 3.49. The quantitative estimate of drug-likeness (QED) is 0.853. The monoisotopic (exact) mass is 293 g/mol. The van der Waals surface area contributed by atoms with Gasteiger partial charge in [-0.2, -0.15) is 0 Å². The Bertz CT molecular complexity index is 566. The van der Waals surface area contributed by atoms with E-state index < -0.39 is 0 Å². The maximum absolute atomic E-state index is 6.33. The lowest BCUT2D eigenvalue weighted by Crippen LogP contribution is -2.19. The van der Waals surface area contributed by atoms with E-state index in [1.165, 1.54) is 11.1 Å². The smallest absolute Gasteiger partial charge is 0.0456 e. The fourth-order valence-corrected chi connectivity index (χ4v) is 2.76. The van der Waals surface area contributed by atoms with Crippen molar-refractivity contribution >= 4 is 23.2 Å². The van der Waals surface area contributed by atoms with Crippen LogP contribution >= 0.6 is 23.2 Å². The third-order valence-corrected chi connectivity index (χ3v) is 3.77. The number of aryl methyl sites for hydroxylation is 1. The van der Waals surface area contributed by atoms with Crippen molar-refractivity contribution in [3.63, 3.8) is 0 Å². The molecular formula is C16H17Cl2N. The first-order valence-corrected chi connectivity index (χ1v) is 7.03. The Hall–Kier alpha value is -1.02. The predicted octanol–water partition coefficient (Wildman–Crippen LogP) is 4.81. The van der Waals surface area contributed by atoms with Gasteiger partial charge in [-0.05, 0) is 55.3 Å². The highest BCUT2D eigenvalue weighted by Crippen LogP contribution is 2.27. The molecule has 2 rings (SSSR count). The highest BCUT2D eigenvalue weighted by atomic mass is 35.5. The third-order valence-electron chi connectivity index (χ3n) is 3.21. The fourth-order valence-electron chi connectivity index (χ4n) is 2.18. The summed E-state index contributed by atoms with van der Waals surface area (Å²) in [7, 11) is 1.95. The predicted molar refractivity (Wildman–Crippen MR) is 83.1 cm³/mol. The standard InChI is InChI=1S/C16H17Cl2N/c1-11-6-7-14(15(18)8-11)16(19-2)10-12-4-3-5-13(17)9-12/h3-9,16,19H,10H2,1-2H3. The van der Waals surface area contributed by atoms with Crippen LogP contribution in [-0.2, 0) is 6.42 Å². The van der Waals surface area contributed by atoms with Crippen LogP contribution in [0.2, 0.25) is 10.0 Å². The molecule has 3 heteroatoms. The van der Waals surface area contributed by atoms with Gasteiger partial charge in [0.2, 0.25) is 0 Å². The van der Waals surface area contributed by atoms with Gasteiger partial charge in [0.15, 0.2) is 0 Å². The summed E-state index contributed by atoms with van der Waals surface area (Å²) < 4.78 is 0. The number of halogens is 2. The van der Waals surface area contributed by atoms with E-state index in [-0.39, 0.29) is 6.04 Å². The molecule has 2 aromatic carbocycles. The van der Waals surface area contributed by atoms with Gasteiger partial charge in [-0.1, -0.05) is 47.5 Å². The number of likely N-dealkylation sites (N-methyl/N-ethyl adjacent to an activating group) is 1. The van der Waals surface area contributed by atoms with Crippen LogP contribution in [0, 0.1) is 6.92 Å². The fraction of sp³-hybridized carbons (Fsp3) is 0.250. The molecule has 0 aliphatic carbocycles. The van der Waals surface area contributed by atoms with E-state index in [0.717, 1.165) is 22.0 Å². The average Bonchev–Trinajstić information content (AvgIpc) is 2.37. The molecule has 0 saturated carbocycles. The molecule has 0 aliphatic rings. The Morgan fingerprint density at radius 1 is 1.11 bits per heavy atom. The van der Waals surface area contributed by atoms with E-state index >= 15 is 0 Å². The van der Waals surface area contributed by atoms with E-state index in [1.807, 2.05) is 38.2 Å². The molecule has 0 spiro atoms. The average molecular weight is 294 g/mol. The lowest BCUT2D eigenvalue weighted by molar-refractivity contribution is 0.592. The largest absolute Gasteiger partial charge is 0.313 e. The van der Waals surface area contributed by atoms with Crippen molar-refractivity contribution < 1.29 is 0 Å². The van der Waals surface area contributed by atoms with Crippen molar-refractivity contribution in [3.8, 4) is 0 Å². The summed E-state index contributed by atoms with van der Waals surface area (Å²) >= 11 is 12.4. The van der Waals surface area contributed by atoms with Gasteiger partial charge in [0.1, 0.15) is 0 Å². The second-order valence-corrected chi connectivity index (χ2v) is 5.54. The summed E-state index contributed by atoms with van der Waals surface area (Å²) in [5.74, 6) is 0. The van der Waals surface area contributed by atoms with Gasteiger partial charge in [-0.3, -0.25) is 0 Å². The first-order valence-electron chi connectivity index (χ1n) is 6.28. The summed E-state index contributed by atoms with van der Waals surface area (Å²) in [6.07, 6.45) is 0.861. The second kappa shape index (κ2) is 6.42. The van der Waals surface area contributed by atoms with Gasteiger partial charge >= 0.3 is 0 Å². The van der Waals surface area contributed by atoms with E-state index in [2.05, 4.69) is 23.5 Å². The van der Waals surface area contributed by atoms with Gasteiger partial charge in [-0.15, -0.1) is 0 Å². The zero-order chi connectivity index (χ0) is 13.8. The molecule has 0 aromatic heterocycles. The Labute approximate surface area is 124 Å². The van der Waals surface area contributed by atoms with Crippen molar-refractivity contribution in [3.05, 3.63) is 69.2 Å². The van der Waals surface area contributed by atoms with E-state index in [1.54, 1.807) is 0 Å². The van der Waals surface area contributed by atoms with Gasteiger partial charge in [0, 0.05) is 16.1 Å². The molecule has 0 aliphatic heterocycles. The highest BCUT2D eigenvalue weighted by molar-refractivity contribution is 6.31. The number of rotatable bonds is 4. The number of nitrogens with one attached hydrogen (secondary N) is 1. The molecule has 0 heterocycles. The maximum Gasteiger partial charge on any atom is 0.0456 e. The van der Waals surface area contributed by atoms with Crippen molar-refractivity contribution in [1.29, 1.82) is 0 Å². The minimum atomic E-state index is 0.187. The lowest BCUT2D eigenvalue weighted by atomic mass is 9.98. The van der Waals surface area contributed by atoms with E-state index in [4.69, 9.17) is 23.2 Å². The Morgan fingerprint density at radius 2 is 1.89 bits per heavy atom. The zero-order valence-corrected chi connectivity index (χ0v) is 12.6. The van der Waals surface area contributed by atoms with Crippen LogP contribution in [0.15, 0.2) is 42.5 Å². The topological polar surface area (TPSA) is 12.0 Å². The summed E-state index contributed by atoms with van der Waals surface area (Å²) in [6.45, 7) is 2.04. The molecule has 19 heavy (non-hydrogen) atoms. The van der Waals surface area contributed by atoms with Crippen LogP contribution in [0.25, 0.3) is 0 Å². The molecular weight excluding hydrogens is 277 g/mol. The maximum atomic E-state index is 6.33. The van der Waals surface area contributed by atoms with Gasteiger partial charge in [0.05, 0.1) is 0 Å². The SMILES string of the molecule is CNC(Cc1cccc(Cl)c1)c1ccc(C)cc1Cl. The number of hydrogen-bond acceptors (Lipinski definition) is 1. The molecule has 0 amide bonds. The first kappa shape index (κ1) is 14.4. The molecule has 1 N–H and O–H groups in total. The van der Waals surface area contributed by atoms with Gasteiger partial charge in [-0.25, -0.2) is 0 Å². The van der Waals surface area contributed by atoms with Crippen LogP contribution < -0.4 is 5.32 Å². The summed E-state index contributed by atoms with van der Waals surface area (Å²) in [5, 5.41) is 4.89. The molecule has 0 bridgehead atoms. The zero-order valence-electron chi connectivity index (χ0n) is 11.1. The van der Waals surface area contributed by atoms with Crippen LogP contribution in [-0.4, -0.2) is 7.05 Å². The minimum Gasteiger partial charge on any atom is -0.313 e. The van der Waals surface area contributed by atoms with Crippen LogP contribution in [0.3, 0.4) is 0 Å². The first-order chi connectivity index (χ1) is 9.10. The second-order valence-electron chi connectivity index (χ2n) is 4.70. The van der Waals surface area contributed by atoms with Crippen molar-refractivity contribution in [2.75, 3.05) is 7.05 Å². The van der Waals surface area contributed by atoms with E-state index in [9.17, 15) is 0 Å². The molecule has 1 nitrogen and oxygen atoms in total. The molecule has 100 valence electrons. The lowest BCUT2D eigenvalue weighted by Gasteiger charge is -2.18. The normalized spacial score (nSPS) is 12.4.